The third-order valence-electron chi connectivity index (χ3n) is 2.82. The Labute approximate surface area is 114 Å². The average molecular weight is 266 g/mol. The van der Waals surface area contributed by atoms with Gasteiger partial charge in [-0.1, -0.05) is 12.1 Å². The maximum atomic E-state index is 10.5. The molecule has 1 N–H and O–H groups in total. The maximum Gasteiger partial charge on any atom is 0.269 e. The van der Waals surface area contributed by atoms with Crippen molar-refractivity contribution in [3.05, 3.63) is 39.9 Å². The van der Waals surface area contributed by atoms with Gasteiger partial charge in [-0.3, -0.25) is 10.1 Å². The fourth-order valence-electron chi connectivity index (χ4n) is 1.85. The number of non-ortho nitro benzene ring substituents is 1. The molecule has 0 radical (unpaired) electrons. The van der Waals surface area contributed by atoms with Gasteiger partial charge in [0.2, 0.25) is 0 Å². The van der Waals surface area contributed by atoms with E-state index in [9.17, 15) is 10.1 Å². The molecule has 0 spiro atoms. The predicted molar refractivity (Wildman–Crippen MR) is 75.4 cm³/mol. The molecule has 1 aromatic rings. The summed E-state index contributed by atoms with van der Waals surface area (Å²) in [5.41, 5.74) is 1.06. The second-order valence-corrected chi connectivity index (χ2v) is 5.04. The normalized spacial score (nSPS) is 11.5. The van der Waals surface area contributed by atoms with Crippen molar-refractivity contribution in [1.29, 1.82) is 0 Å². The molecule has 0 atom stereocenters. The van der Waals surface area contributed by atoms with Crippen LogP contribution in [0.25, 0.3) is 0 Å². The highest BCUT2D eigenvalue weighted by atomic mass is 16.6. The van der Waals surface area contributed by atoms with Crippen LogP contribution in [-0.4, -0.2) is 30.2 Å². The van der Waals surface area contributed by atoms with Crippen molar-refractivity contribution < 1.29 is 9.66 Å². The number of nitrogens with one attached hydrogen (secondary N) is 1. The first-order valence-electron chi connectivity index (χ1n) is 6.52. The predicted octanol–water partition coefficient (Wildman–Crippen LogP) is 2.54. The van der Waals surface area contributed by atoms with E-state index < -0.39 is 0 Å². The van der Waals surface area contributed by atoms with Crippen molar-refractivity contribution in [3.63, 3.8) is 0 Å². The molecule has 0 aliphatic heterocycles. The van der Waals surface area contributed by atoms with Gasteiger partial charge in [0.15, 0.2) is 0 Å². The summed E-state index contributed by atoms with van der Waals surface area (Å²) in [6, 6.07) is 6.68. The number of hydrogen-bond acceptors (Lipinski definition) is 4. The molecule has 0 aliphatic rings. The van der Waals surface area contributed by atoms with Crippen LogP contribution in [0.4, 0.5) is 5.69 Å². The van der Waals surface area contributed by atoms with Gasteiger partial charge in [-0.15, -0.1) is 0 Å². The number of nitro benzene ring substituents is 1. The average Bonchev–Trinajstić information content (AvgIpc) is 2.35. The second-order valence-electron chi connectivity index (χ2n) is 5.04. The number of benzene rings is 1. The molecule has 0 amide bonds. The molecule has 0 fully saturated rings. The number of nitro groups is 1. The SMILES string of the molecule is CCOC(C)(C)CNCCc1ccc([N+](=O)[O-])cc1. The lowest BCUT2D eigenvalue weighted by Gasteiger charge is -2.25. The van der Waals surface area contributed by atoms with Crippen LogP contribution in [0, 0.1) is 10.1 Å². The Kier molecular flexibility index (Phi) is 5.92. The quantitative estimate of drug-likeness (QED) is 0.446. The summed E-state index contributed by atoms with van der Waals surface area (Å²) < 4.78 is 5.59. The van der Waals surface area contributed by atoms with Gasteiger partial charge in [-0.05, 0) is 39.3 Å². The van der Waals surface area contributed by atoms with E-state index in [0.717, 1.165) is 25.1 Å². The summed E-state index contributed by atoms with van der Waals surface area (Å²) in [7, 11) is 0. The highest BCUT2D eigenvalue weighted by Gasteiger charge is 2.16. The lowest BCUT2D eigenvalue weighted by Crippen LogP contribution is -2.38. The zero-order chi connectivity index (χ0) is 14.3. The van der Waals surface area contributed by atoms with Crippen LogP contribution in [-0.2, 0) is 11.2 Å². The Hall–Kier alpha value is -1.46. The van der Waals surface area contributed by atoms with E-state index in [1.807, 2.05) is 6.92 Å². The van der Waals surface area contributed by atoms with E-state index in [4.69, 9.17) is 4.74 Å². The van der Waals surface area contributed by atoms with E-state index >= 15 is 0 Å². The molecule has 19 heavy (non-hydrogen) atoms. The van der Waals surface area contributed by atoms with Gasteiger partial charge in [-0.2, -0.15) is 0 Å². The van der Waals surface area contributed by atoms with Crippen LogP contribution in [0.15, 0.2) is 24.3 Å². The van der Waals surface area contributed by atoms with Crippen molar-refractivity contribution in [1.82, 2.24) is 5.32 Å². The van der Waals surface area contributed by atoms with Crippen molar-refractivity contribution >= 4 is 5.69 Å². The smallest absolute Gasteiger partial charge is 0.269 e. The van der Waals surface area contributed by atoms with Gasteiger partial charge in [0.25, 0.3) is 5.69 Å². The van der Waals surface area contributed by atoms with Crippen molar-refractivity contribution in [2.24, 2.45) is 0 Å². The number of hydrogen-bond donors (Lipinski definition) is 1. The molecule has 0 unspecified atom stereocenters. The third-order valence-corrected chi connectivity index (χ3v) is 2.82. The zero-order valence-corrected chi connectivity index (χ0v) is 11.8. The summed E-state index contributed by atoms with van der Waals surface area (Å²) in [6.45, 7) is 8.41. The molecular formula is C14H22N2O3. The Morgan fingerprint density at radius 2 is 1.95 bits per heavy atom. The molecule has 106 valence electrons. The van der Waals surface area contributed by atoms with Crippen LogP contribution < -0.4 is 5.32 Å². The molecule has 5 heteroatoms. The first-order valence-corrected chi connectivity index (χ1v) is 6.52. The third kappa shape index (κ3) is 5.81. The Bertz CT molecular complexity index is 402. The van der Waals surface area contributed by atoms with Gasteiger partial charge in [0.05, 0.1) is 10.5 Å². The Morgan fingerprint density at radius 1 is 1.32 bits per heavy atom. The lowest BCUT2D eigenvalue weighted by molar-refractivity contribution is -0.384. The lowest BCUT2D eigenvalue weighted by atomic mass is 10.1. The van der Waals surface area contributed by atoms with Crippen LogP contribution in [0.1, 0.15) is 26.3 Å². The van der Waals surface area contributed by atoms with Crippen molar-refractivity contribution in [2.75, 3.05) is 19.7 Å². The molecule has 0 saturated carbocycles. The minimum Gasteiger partial charge on any atom is -0.375 e. The molecule has 0 saturated heterocycles. The fraction of sp³-hybridized carbons (Fsp3) is 0.571. The van der Waals surface area contributed by atoms with Gasteiger partial charge < -0.3 is 10.1 Å². The standard InChI is InChI=1S/C14H22N2O3/c1-4-19-14(2,3)11-15-10-9-12-5-7-13(8-6-12)16(17)18/h5-8,15H,4,9-11H2,1-3H3. The van der Waals surface area contributed by atoms with Crippen LogP contribution in [0.5, 0.6) is 0 Å². The van der Waals surface area contributed by atoms with Gasteiger partial charge in [0, 0.05) is 25.3 Å². The van der Waals surface area contributed by atoms with Crippen molar-refractivity contribution in [3.8, 4) is 0 Å². The van der Waals surface area contributed by atoms with Gasteiger partial charge in [0.1, 0.15) is 0 Å². The molecule has 0 heterocycles. The fourth-order valence-corrected chi connectivity index (χ4v) is 1.85. The Morgan fingerprint density at radius 3 is 2.47 bits per heavy atom. The van der Waals surface area contributed by atoms with E-state index in [1.165, 1.54) is 0 Å². The van der Waals surface area contributed by atoms with E-state index in [2.05, 4.69) is 19.2 Å². The monoisotopic (exact) mass is 266 g/mol. The molecule has 0 bridgehead atoms. The van der Waals surface area contributed by atoms with Gasteiger partial charge >= 0.3 is 0 Å². The molecule has 0 aromatic heterocycles. The summed E-state index contributed by atoms with van der Waals surface area (Å²) in [6.07, 6.45) is 0.847. The highest BCUT2D eigenvalue weighted by Crippen LogP contribution is 2.12. The zero-order valence-electron chi connectivity index (χ0n) is 11.8. The van der Waals surface area contributed by atoms with E-state index in [1.54, 1.807) is 24.3 Å². The first-order chi connectivity index (χ1) is 8.94. The minimum atomic E-state index is -0.382. The summed E-state index contributed by atoms with van der Waals surface area (Å²) in [5, 5.41) is 13.9. The van der Waals surface area contributed by atoms with Gasteiger partial charge in [-0.25, -0.2) is 0 Å². The summed E-state index contributed by atoms with van der Waals surface area (Å²) in [5.74, 6) is 0. The molecule has 1 aromatic carbocycles. The van der Waals surface area contributed by atoms with Crippen LogP contribution in [0.3, 0.4) is 0 Å². The number of ether oxygens (including phenoxy) is 1. The molecule has 5 nitrogen and oxygen atoms in total. The van der Waals surface area contributed by atoms with Crippen LogP contribution in [0.2, 0.25) is 0 Å². The second kappa shape index (κ2) is 7.21. The van der Waals surface area contributed by atoms with Crippen molar-refractivity contribution in [2.45, 2.75) is 32.8 Å². The first kappa shape index (κ1) is 15.6. The summed E-state index contributed by atoms with van der Waals surface area (Å²) in [4.78, 5) is 10.1. The highest BCUT2D eigenvalue weighted by molar-refractivity contribution is 5.32. The molecular weight excluding hydrogens is 244 g/mol. The van der Waals surface area contributed by atoms with E-state index in [0.29, 0.717) is 6.61 Å². The number of rotatable bonds is 8. The topological polar surface area (TPSA) is 64.4 Å². The number of nitrogens with zero attached hydrogens (tertiary/aromatic N) is 1. The minimum absolute atomic E-state index is 0.134. The van der Waals surface area contributed by atoms with E-state index in [-0.39, 0.29) is 16.2 Å². The molecule has 1 rings (SSSR count). The molecule has 0 aliphatic carbocycles. The maximum absolute atomic E-state index is 10.5. The Balaban J connectivity index is 2.31. The van der Waals surface area contributed by atoms with Crippen LogP contribution >= 0.6 is 0 Å². The largest absolute Gasteiger partial charge is 0.375 e. The summed E-state index contributed by atoms with van der Waals surface area (Å²) >= 11 is 0.